The number of nitrogens with zero attached hydrogens (tertiary/aromatic N) is 2. The number of likely N-dealkylation sites (N-methyl/N-ethyl adjacent to an activating group) is 1. The number of carbonyl (C=O) groups is 2. The van der Waals surface area contributed by atoms with Gasteiger partial charge in [0.2, 0.25) is 0 Å². The second kappa shape index (κ2) is 8.03. The van der Waals surface area contributed by atoms with Crippen LogP contribution in [0.5, 0.6) is 5.75 Å². The average Bonchev–Trinajstić information content (AvgIpc) is 2.72. The zero-order chi connectivity index (χ0) is 20.4. The Kier molecular flexibility index (Phi) is 5.29. The van der Waals surface area contributed by atoms with Gasteiger partial charge in [0.05, 0.1) is 11.1 Å². The van der Waals surface area contributed by atoms with Gasteiger partial charge in [-0.25, -0.2) is 0 Å². The molecule has 0 radical (unpaired) electrons. The van der Waals surface area contributed by atoms with E-state index in [4.69, 9.17) is 9.57 Å². The molecule has 6 nitrogen and oxygen atoms in total. The Morgan fingerprint density at radius 2 is 1.66 bits per heavy atom. The lowest BCUT2D eigenvalue weighted by molar-refractivity contribution is -0.104. The van der Waals surface area contributed by atoms with Crippen molar-refractivity contribution in [3.05, 3.63) is 77.4 Å². The number of carbonyl (C=O) groups excluding carboxylic acids is 2. The number of hydrogen-bond donors (Lipinski definition) is 0. The van der Waals surface area contributed by atoms with E-state index in [0.717, 1.165) is 22.6 Å². The Balaban J connectivity index is 1.65. The van der Waals surface area contributed by atoms with Crippen LogP contribution in [0.4, 0.5) is 0 Å². The fourth-order valence-corrected chi connectivity index (χ4v) is 3.32. The molecule has 148 valence electrons. The molecule has 1 aliphatic rings. The summed E-state index contributed by atoms with van der Waals surface area (Å²) in [5.74, 6) is -0.338. The molecule has 0 saturated heterocycles. The highest BCUT2D eigenvalue weighted by atomic mass is 16.7. The highest BCUT2D eigenvalue weighted by Gasteiger charge is 2.34. The molecule has 0 spiro atoms. The Bertz CT molecular complexity index is 1060. The molecule has 3 aromatic rings. The maximum absolute atomic E-state index is 13.1. The van der Waals surface area contributed by atoms with Crippen molar-refractivity contribution in [1.82, 2.24) is 9.96 Å². The van der Waals surface area contributed by atoms with Crippen LogP contribution in [0.25, 0.3) is 10.8 Å². The average molecular weight is 390 g/mol. The second-order valence-corrected chi connectivity index (χ2v) is 7.19. The van der Waals surface area contributed by atoms with Crippen molar-refractivity contribution < 1.29 is 19.2 Å². The van der Waals surface area contributed by atoms with Crippen LogP contribution in [0.15, 0.2) is 60.7 Å². The molecule has 29 heavy (non-hydrogen) atoms. The lowest BCUT2D eigenvalue weighted by Crippen LogP contribution is -2.40. The van der Waals surface area contributed by atoms with E-state index < -0.39 is 11.8 Å². The van der Waals surface area contributed by atoms with Gasteiger partial charge in [0.25, 0.3) is 11.8 Å². The van der Waals surface area contributed by atoms with Crippen molar-refractivity contribution >= 4 is 22.6 Å². The van der Waals surface area contributed by atoms with Gasteiger partial charge in [0, 0.05) is 11.9 Å². The minimum absolute atomic E-state index is 0.128. The van der Waals surface area contributed by atoms with Crippen LogP contribution in [0, 0.1) is 0 Å². The zero-order valence-corrected chi connectivity index (χ0v) is 16.4. The van der Waals surface area contributed by atoms with Crippen LogP contribution < -0.4 is 4.74 Å². The number of amides is 2. The Morgan fingerprint density at radius 3 is 2.41 bits per heavy atom. The Morgan fingerprint density at radius 1 is 0.897 bits per heavy atom. The SMILES string of the molecule is CN(C)CCOc1cc2c3c(cccc3c1)C(=O)N(OCc1ccccc1)C2=O. The predicted molar refractivity (Wildman–Crippen MR) is 110 cm³/mol. The summed E-state index contributed by atoms with van der Waals surface area (Å²) >= 11 is 0. The maximum Gasteiger partial charge on any atom is 0.285 e. The van der Waals surface area contributed by atoms with E-state index in [9.17, 15) is 9.59 Å². The smallest absolute Gasteiger partial charge is 0.285 e. The molecule has 0 aromatic heterocycles. The van der Waals surface area contributed by atoms with Crippen molar-refractivity contribution in [3.63, 3.8) is 0 Å². The van der Waals surface area contributed by atoms with Crippen LogP contribution in [-0.4, -0.2) is 49.0 Å². The molecule has 6 heteroatoms. The number of hydroxylamine groups is 2. The third-order valence-electron chi connectivity index (χ3n) is 4.79. The molecule has 0 unspecified atom stereocenters. The first kappa shape index (κ1) is 19.1. The van der Waals surface area contributed by atoms with Crippen molar-refractivity contribution in [3.8, 4) is 5.75 Å². The van der Waals surface area contributed by atoms with Crippen molar-refractivity contribution in [2.75, 3.05) is 27.2 Å². The summed E-state index contributed by atoms with van der Waals surface area (Å²) in [5.41, 5.74) is 1.73. The van der Waals surface area contributed by atoms with Crippen molar-refractivity contribution in [2.24, 2.45) is 0 Å². The summed E-state index contributed by atoms with van der Waals surface area (Å²) in [6.07, 6.45) is 0. The minimum Gasteiger partial charge on any atom is -0.492 e. The van der Waals surface area contributed by atoms with Crippen LogP contribution in [0.1, 0.15) is 26.3 Å². The van der Waals surface area contributed by atoms with E-state index in [0.29, 0.717) is 28.9 Å². The fraction of sp³-hybridized carbons (Fsp3) is 0.217. The standard InChI is InChI=1S/C23H22N2O4/c1-24(2)11-12-28-18-13-17-9-6-10-19-21(17)20(14-18)23(27)25(22(19)26)29-15-16-7-4-3-5-8-16/h3-10,13-14H,11-12,15H2,1-2H3. The number of hydrogen-bond acceptors (Lipinski definition) is 5. The number of benzene rings is 3. The summed E-state index contributed by atoms with van der Waals surface area (Å²) in [6.45, 7) is 1.38. The molecule has 4 rings (SSSR count). The van der Waals surface area contributed by atoms with E-state index in [1.54, 1.807) is 18.2 Å². The molecule has 0 bridgehead atoms. The van der Waals surface area contributed by atoms with E-state index in [2.05, 4.69) is 0 Å². The van der Waals surface area contributed by atoms with Crippen molar-refractivity contribution in [1.29, 1.82) is 0 Å². The molecular weight excluding hydrogens is 368 g/mol. The number of rotatable bonds is 7. The monoisotopic (exact) mass is 390 g/mol. The van der Waals surface area contributed by atoms with Gasteiger partial charge in [0.1, 0.15) is 19.0 Å². The third-order valence-corrected chi connectivity index (χ3v) is 4.79. The van der Waals surface area contributed by atoms with E-state index in [1.165, 1.54) is 0 Å². The van der Waals surface area contributed by atoms with Gasteiger partial charge in [-0.1, -0.05) is 42.5 Å². The number of imide groups is 1. The van der Waals surface area contributed by atoms with Crippen LogP contribution in [-0.2, 0) is 11.4 Å². The Labute approximate surface area is 169 Å². The maximum atomic E-state index is 13.1. The molecule has 0 fully saturated rings. The normalized spacial score (nSPS) is 13.4. The second-order valence-electron chi connectivity index (χ2n) is 7.19. The quantitative estimate of drug-likeness (QED) is 0.578. The molecule has 0 atom stereocenters. The molecule has 0 aliphatic carbocycles. The fourth-order valence-electron chi connectivity index (χ4n) is 3.32. The topological polar surface area (TPSA) is 59.1 Å². The summed E-state index contributed by atoms with van der Waals surface area (Å²) in [6, 6.07) is 18.4. The van der Waals surface area contributed by atoms with Crippen LogP contribution in [0.3, 0.4) is 0 Å². The molecule has 2 amide bonds. The minimum atomic E-state index is -0.479. The van der Waals surface area contributed by atoms with Gasteiger partial charge in [-0.3, -0.25) is 14.4 Å². The van der Waals surface area contributed by atoms with E-state index in [-0.39, 0.29) is 6.61 Å². The molecule has 1 aliphatic heterocycles. The predicted octanol–water partition coefficient (Wildman–Crippen LogP) is 3.51. The summed E-state index contributed by atoms with van der Waals surface area (Å²) in [5, 5.41) is 2.29. The first-order valence-corrected chi connectivity index (χ1v) is 9.44. The first-order valence-electron chi connectivity index (χ1n) is 9.44. The van der Waals surface area contributed by atoms with E-state index >= 15 is 0 Å². The lowest BCUT2D eigenvalue weighted by atomic mass is 9.94. The van der Waals surface area contributed by atoms with Gasteiger partial charge in [0.15, 0.2) is 0 Å². The van der Waals surface area contributed by atoms with Crippen LogP contribution >= 0.6 is 0 Å². The van der Waals surface area contributed by atoms with E-state index in [1.807, 2.05) is 61.5 Å². The zero-order valence-electron chi connectivity index (χ0n) is 16.4. The van der Waals surface area contributed by atoms with Gasteiger partial charge < -0.3 is 9.64 Å². The summed E-state index contributed by atoms with van der Waals surface area (Å²) in [4.78, 5) is 33.6. The van der Waals surface area contributed by atoms with Gasteiger partial charge in [-0.05, 0) is 43.2 Å². The number of ether oxygens (including phenoxy) is 1. The van der Waals surface area contributed by atoms with Gasteiger partial charge in [-0.15, -0.1) is 5.06 Å². The van der Waals surface area contributed by atoms with Crippen molar-refractivity contribution in [2.45, 2.75) is 6.61 Å². The highest BCUT2D eigenvalue weighted by Crippen LogP contribution is 2.33. The molecule has 0 saturated carbocycles. The van der Waals surface area contributed by atoms with Crippen LogP contribution in [0.2, 0.25) is 0 Å². The molecular formula is C23H22N2O4. The Hall–Kier alpha value is -3.22. The molecule has 0 N–H and O–H groups in total. The van der Waals surface area contributed by atoms with Gasteiger partial charge in [-0.2, -0.15) is 0 Å². The third kappa shape index (κ3) is 3.85. The summed E-state index contributed by atoms with van der Waals surface area (Å²) in [7, 11) is 3.94. The molecule has 1 heterocycles. The highest BCUT2D eigenvalue weighted by molar-refractivity contribution is 6.25. The lowest BCUT2D eigenvalue weighted by Gasteiger charge is -2.26. The van der Waals surface area contributed by atoms with Gasteiger partial charge >= 0.3 is 0 Å². The largest absolute Gasteiger partial charge is 0.492 e. The summed E-state index contributed by atoms with van der Waals surface area (Å²) < 4.78 is 5.83. The first-order chi connectivity index (χ1) is 14.0. The molecule has 3 aromatic carbocycles.